The SMILES string of the molecule is C=C(/C=C/c1ccccc1)O[C@@H]1C[C@H](C)CC[C@H]1C(C)C. The highest BCUT2D eigenvalue weighted by Crippen LogP contribution is 2.36. The monoisotopic (exact) mass is 284 g/mol. The Hall–Kier alpha value is -1.50. The second kappa shape index (κ2) is 7.49. The van der Waals surface area contributed by atoms with Crippen molar-refractivity contribution in [2.45, 2.75) is 46.1 Å². The van der Waals surface area contributed by atoms with Crippen LogP contribution in [0.5, 0.6) is 0 Å². The van der Waals surface area contributed by atoms with Crippen molar-refractivity contribution in [3.05, 3.63) is 54.3 Å². The number of allylic oxidation sites excluding steroid dienone is 1. The Labute approximate surface area is 129 Å². The van der Waals surface area contributed by atoms with E-state index in [4.69, 9.17) is 4.74 Å². The number of benzene rings is 1. The van der Waals surface area contributed by atoms with Crippen LogP contribution in [0.1, 0.15) is 45.6 Å². The average molecular weight is 284 g/mol. The topological polar surface area (TPSA) is 9.23 Å². The summed E-state index contributed by atoms with van der Waals surface area (Å²) < 4.78 is 6.18. The van der Waals surface area contributed by atoms with Gasteiger partial charge in [0.1, 0.15) is 11.9 Å². The number of hydrogen-bond donors (Lipinski definition) is 0. The molecule has 1 aliphatic rings. The van der Waals surface area contributed by atoms with E-state index in [1.165, 1.54) is 18.4 Å². The van der Waals surface area contributed by atoms with Crippen LogP contribution in [0, 0.1) is 17.8 Å². The molecule has 114 valence electrons. The van der Waals surface area contributed by atoms with Crippen molar-refractivity contribution in [2.24, 2.45) is 17.8 Å². The van der Waals surface area contributed by atoms with Crippen molar-refractivity contribution in [2.75, 3.05) is 0 Å². The van der Waals surface area contributed by atoms with Gasteiger partial charge in [0, 0.05) is 0 Å². The molecule has 0 amide bonds. The first-order valence-corrected chi connectivity index (χ1v) is 8.15. The molecule has 1 aromatic rings. The molecule has 0 radical (unpaired) electrons. The lowest BCUT2D eigenvalue weighted by atomic mass is 9.75. The molecule has 1 nitrogen and oxygen atoms in total. The van der Waals surface area contributed by atoms with E-state index in [9.17, 15) is 0 Å². The molecule has 21 heavy (non-hydrogen) atoms. The van der Waals surface area contributed by atoms with E-state index in [2.05, 4.69) is 45.6 Å². The number of hydrogen-bond acceptors (Lipinski definition) is 1. The van der Waals surface area contributed by atoms with Crippen molar-refractivity contribution < 1.29 is 4.74 Å². The molecule has 0 aliphatic heterocycles. The van der Waals surface area contributed by atoms with Crippen LogP contribution < -0.4 is 0 Å². The molecule has 0 N–H and O–H groups in total. The summed E-state index contributed by atoms with van der Waals surface area (Å²) >= 11 is 0. The van der Waals surface area contributed by atoms with Crippen molar-refractivity contribution in [3.8, 4) is 0 Å². The molecule has 0 aromatic heterocycles. The Bertz CT molecular complexity index is 472. The molecule has 3 atom stereocenters. The molecule has 0 bridgehead atoms. The maximum atomic E-state index is 6.18. The molecule has 0 unspecified atom stereocenters. The van der Waals surface area contributed by atoms with Crippen LogP contribution in [0.15, 0.2) is 48.7 Å². The van der Waals surface area contributed by atoms with Crippen molar-refractivity contribution >= 4 is 6.08 Å². The maximum Gasteiger partial charge on any atom is 0.112 e. The van der Waals surface area contributed by atoms with Gasteiger partial charge in [-0.15, -0.1) is 0 Å². The maximum absolute atomic E-state index is 6.18. The van der Waals surface area contributed by atoms with Gasteiger partial charge in [0.25, 0.3) is 0 Å². The first-order chi connectivity index (χ1) is 10.1. The third kappa shape index (κ3) is 4.77. The Morgan fingerprint density at radius 1 is 1.24 bits per heavy atom. The standard InChI is InChI=1S/C20H28O/c1-15(2)19-13-10-16(3)14-20(19)21-17(4)11-12-18-8-6-5-7-9-18/h5-9,11-12,15-16,19-20H,4,10,13-14H2,1-3H3/b12-11+/t16-,19+,20-/m1/s1. The van der Waals surface area contributed by atoms with Crippen molar-refractivity contribution in [3.63, 3.8) is 0 Å². The predicted octanol–water partition coefficient (Wildman–Crippen LogP) is 5.69. The molecule has 0 heterocycles. The third-order valence-corrected chi connectivity index (χ3v) is 4.53. The van der Waals surface area contributed by atoms with Crippen LogP contribution in [-0.2, 0) is 4.74 Å². The van der Waals surface area contributed by atoms with Gasteiger partial charge >= 0.3 is 0 Å². The third-order valence-electron chi connectivity index (χ3n) is 4.53. The lowest BCUT2D eigenvalue weighted by Gasteiger charge is -2.37. The lowest BCUT2D eigenvalue weighted by Crippen LogP contribution is -2.33. The van der Waals surface area contributed by atoms with Gasteiger partial charge in [-0.2, -0.15) is 0 Å². The molecule has 0 spiro atoms. The highest BCUT2D eigenvalue weighted by atomic mass is 16.5. The average Bonchev–Trinajstić information content (AvgIpc) is 2.46. The molecule has 1 aliphatic carbocycles. The summed E-state index contributed by atoms with van der Waals surface area (Å²) in [6.45, 7) is 11.0. The highest BCUT2D eigenvalue weighted by Gasteiger charge is 2.32. The van der Waals surface area contributed by atoms with Gasteiger partial charge in [-0.3, -0.25) is 0 Å². The Kier molecular flexibility index (Phi) is 5.67. The summed E-state index contributed by atoms with van der Waals surface area (Å²) in [5.41, 5.74) is 1.18. The molecular weight excluding hydrogens is 256 g/mol. The molecule has 1 saturated carbocycles. The molecule has 0 saturated heterocycles. The zero-order valence-corrected chi connectivity index (χ0v) is 13.6. The first-order valence-electron chi connectivity index (χ1n) is 8.15. The van der Waals surface area contributed by atoms with Gasteiger partial charge in [-0.25, -0.2) is 0 Å². The van der Waals surface area contributed by atoms with Crippen molar-refractivity contribution in [1.82, 2.24) is 0 Å². The normalized spacial score (nSPS) is 26.2. The van der Waals surface area contributed by atoms with E-state index in [0.717, 1.165) is 18.1 Å². The van der Waals surface area contributed by atoms with E-state index >= 15 is 0 Å². The van der Waals surface area contributed by atoms with Gasteiger partial charge in [0.05, 0.1) is 0 Å². The number of rotatable bonds is 5. The van der Waals surface area contributed by atoms with E-state index in [0.29, 0.717) is 17.9 Å². The smallest absolute Gasteiger partial charge is 0.112 e. The first kappa shape index (κ1) is 15.9. The van der Waals surface area contributed by atoms with Gasteiger partial charge in [0.2, 0.25) is 0 Å². The van der Waals surface area contributed by atoms with E-state index < -0.39 is 0 Å². The molecule has 1 aromatic carbocycles. The lowest BCUT2D eigenvalue weighted by molar-refractivity contribution is 0.00412. The fraction of sp³-hybridized carbons (Fsp3) is 0.500. The number of ether oxygens (including phenoxy) is 1. The van der Waals surface area contributed by atoms with E-state index in [-0.39, 0.29) is 0 Å². The molecule has 1 fully saturated rings. The minimum Gasteiger partial charge on any atom is -0.491 e. The fourth-order valence-corrected chi connectivity index (χ4v) is 3.24. The van der Waals surface area contributed by atoms with E-state index in [1.54, 1.807) is 0 Å². The van der Waals surface area contributed by atoms with Crippen LogP contribution in [0.3, 0.4) is 0 Å². The van der Waals surface area contributed by atoms with E-state index in [1.807, 2.05) is 24.3 Å². The Morgan fingerprint density at radius 2 is 1.95 bits per heavy atom. The fourth-order valence-electron chi connectivity index (χ4n) is 3.24. The molecule has 2 rings (SSSR count). The van der Waals surface area contributed by atoms with Gasteiger partial charge in [0.15, 0.2) is 0 Å². The summed E-state index contributed by atoms with van der Waals surface area (Å²) in [4.78, 5) is 0. The second-order valence-corrected chi connectivity index (χ2v) is 6.69. The summed E-state index contributed by atoms with van der Waals surface area (Å²) in [5, 5.41) is 0. The molecular formula is C20H28O. The zero-order chi connectivity index (χ0) is 15.2. The van der Waals surface area contributed by atoms with Gasteiger partial charge in [-0.1, -0.05) is 70.2 Å². The Morgan fingerprint density at radius 3 is 2.62 bits per heavy atom. The minimum atomic E-state index is 0.321. The predicted molar refractivity (Wildman–Crippen MR) is 90.8 cm³/mol. The van der Waals surface area contributed by atoms with Crippen LogP contribution in [0.25, 0.3) is 6.08 Å². The summed E-state index contributed by atoms with van der Waals surface area (Å²) in [7, 11) is 0. The Balaban J connectivity index is 1.95. The minimum absolute atomic E-state index is 0.321. The van der Waals surface area contributed by atoms with Crippen LogP contribution in [0.2, 0.25) is 0 Å². The second-order valence-electron chi connectivity index (χ2n) is 6.69. The molecule has 1 heteroatoms. The van der Waals surface area contributed by atoms with Crippen LogP contribution in [0.4, 0.5) is 0 Å². The van der Waals surface area contributed by atoms with Crippen LogP contribution >= 0.6 is 0 Å². The summed E-state index contributed by atoms with van der Waals surface area (Å²) in [5.74, 6) is 2.87. The van der Waals surface area contributed by atoms with Gasteiger partial charge < -0.3 is 4.74 Å². The quantitative estimate of drug-likeness (QED) is 0.498. The largest absolute Gasteiger partial charge is 0.491 e. The van der Waals surface area contributed by atoms with Crippen LogP contribution in [-0.4, -0.2) is 6.10 Å². The highest BCUT2D eigenvalue weighted by molar-refractivity contribution is 5.51. The summed E-state index contributed by atoms with van der Waals surface area (Å²) in [6, 6.07) is 10.3. The zero-order valence-electron chi connectivity index (χ0n) is 13.6. The van der Waals surface area contributed by atoms with Crippen molar-refractivity contribution in [1.29, 1.82) is 0 Å². The summed E-state index contributed by atoms with van der Waals surface area (Å²) in [6.07, 6.45) is 8.14. The van der Waals surface area contributed by atoms with Gasteiger partial charge in [-0.05, 0) is 42.2 Å².